The van der Waals surface area contributed by atoms with E-state index in [1.54, 1.807) is 0 Å². The normalized spacial score (nSPS) is 25.2. The van der Waals surface area contributed by atoms with Gasteiger partial charge in [-0.1, -0.05) is 19.8 Å². The third-order valence-corrected chi connectivity index (χ3v) is 4.84. The highest BCUT2D eigenvalue weighted by atomic mass is 32.2. The Hall–Kier alpha value is -0.620. The van der Waals surface area contributed by atoms with Crippen molar-refractivity contribution in [3.05, 3.63) is 0 Å². The Labute approximate surface area is 103 Å². The van der Waals surface area contributed by atoms with Crippen molar-refractivity contribution in [1.82, 2.24) is 5.32 Å². The number of unbranched alkanes of at least 4 members (excludes halogenated alkanes) is 1. The van der Waals surface area contributed by atoms with Crippen LogP contribution in [0.1, 0.15) is 39.0 Å². The van der Waals surface area contributed by atoms with E-state index in [1.807, 2.05) is 6.92 Å². The van der Waals surface area contributed by atoms with E-state index in [9.17, 15) is 13.2 Å². The standard InChI is InChI=1S/C11H22N2O3S/c1-2-3-6-10(12)11(14)13-9-5-4-7-17(15,16)8-9/h9-10H,2-8,12H2,1H3,(H,13,14). The van der Waals surface area contributed by atoms with Crippen molar-refractivity contribution in [2.45, 2.75) is 51.1 Å². The van der Waals surface area contributed by atoms with Crippen LogP contribution < -0.4 is 11.1 Å². The molecule has 5 nitrogen and oxygen atoms in total. The van der Waals surface area contributed by atoms with Gasteiger partial charge in [0.1, 0.15) is 0 Å². The molecule has 1 saturated heterocycles. The first-order valence-electron chi connectivity index (χ1n) is 6.21. The van der Waals surface area contributed by atoms with Gasteiger partial charge in [-0.15, -0.1) is 0 Å². The van der Waals surface area contributed by atoms with Gasteiger partial charge >= 0.3 is 0 Å². The summed E-state index contributed by atoms with van der Waals surface area (Å²) in [6.45, 7) is 2.04. The van der Waals surface area contributed by atoms with E-state index in [1.165, 1.54) is 0 Å². The molecule has 1 aliphatic heterocycles. The first kappa shape index (κ1) is 14.4. The van der Waals surface area contributed by atoms with Crippen LogP contribution in [-0.4, -0.2) is 37.9 Å². The monoisotopic (exact) mass is 262 g/mol. The van der Waals surface area contributed by atoms with Gasteiger partial charge in [0.2, 0.25) is 5.91 Å². The van der Waals surface area contributed by atoms with Crippen LogP contribution in [0, 0.1) is 0 Å². The van der Waals surface area contributed by atoms with E-state index in [4.69, 9.17) is 5.73 Å². The number of hydrogen-bond acceptors (Lipinski definition) is 4. The predicted octanol–water partition coefficient (Wildman–Crippen LogP) is 0.197. The molecule has 2 unspecified atom stereocenters. The van der Waals surface area contributed by atoms with E-state index in [0.29, 0.717) is 12.8 Å². The van der Waals surface area contributed by atoms with E-state index < -0.39 is 15.9 Å². The van der Waals surface area contributed by atoms with Gasteiger partial charge in [-0.25, -0.2) is 8.42 Å². The molecule has 2 atom stereocenters. The Kier molecular flexibility index (Phi) is 5.39. The summed E-state index contributed by atoms with van der Waals surface area (Å²) in [5, 5.41) is 2.74. The Bertz CT molecular complexity index is 354. The zero-order valence-electron chi connectivity index (χ0n) is 10.3. The number of rotatable bonds is 5. The van der Waals surface area contributed by atoms with Gasteiger partial charge in [-0.3, -0.25) is 4.79 Å². The lowest BCUT2D eigenvalue weighted by molar-refractivity contribution is -0.123. The molecular weight excluding hydrogens is 240 g/mol. The molecular formula is C11H22N2O3S. The second-order valence-electron chi connectivity index (χ2n) is 4.71. The van der Waals surface area contributed by atoms with E-state index in [-0.39, 0.29) is 23.5 Å². The molecule has 1 rings (SSSR count). The number of sulfone groups is 1. The van der Waals surface area contributed by atoms with Crippen molar-refractivity contribution >= 4 is 15.7 Å². The van der Waals surface area contributed by atoms with Crippen molar-refractivity contribution in [1.29, 1.82) is 0 Å². The first-order chi connectivity index (χ1) is 7.94. The number of nitrogens with one attached hydrogen (secondary N) is 1. The lowest BCUT2D eigenvalue weighted by Gasteiger charge is -2.24. The van der Waals surface area contributed by atoms with Gasteiger partial charge < -0.3 is 11.1 Å². The molecule has 1 fully saturated rings. The minimum absolute atomic E-state index is 0.0548. The molecule has 3 N–H and O–H groups in total. The lowest BCUT2D eigenvalue weighted by atomic mass is 10.1. The Morgan fingerprint density at radius 2 is 2.24 bits per heavy atom. The summed E-state index contributed by atoms with van der Waals surface area (Å²) in [4.78, 5) is 11.7. The van der Waals surface area contributed by atoms with Crippen LogP contribution >= 0.6 is 0 Å². The molecule has 0 aromatic rings. The molecule has 0 aromatic carbocycles. The van der Waals surface area contributed by atoms with Crippen LogP contribution in [0.3, 0.4) is 0 Å². The van der Waals surface area contributed by atoms with Crippen LogP contribution in [0.4, 0.5) is 0 Å². The minimum atomic E-state index is -2.98. The number of carbonyl (C=O) groups excluding carboxylic acids is 1. The topological polar surface area (TPSA) is 89.3 Å². The summed E-state index contributed by atoms with van der Waals surface area (Å²) >= 11 is 0. The molecule has 0 spiro atoms. The van der Waals surface area contributed by atoms with Crippen molar-refractivity contribution in [3.8, 4) is 0 Å². The highest BCUT2D eigenvalue weighted by Crippen LogP contribution is 2.12. The third-order valence-electron chi connectivity index (χ3n) is 3.01. The Balaban J connectivity index is 2.40. The summed E-state index contributed by atoms with van der Waals surface area (Å²) in [6, 6.07) is -0.770. The number of nitrogens with two attached hydrogens (primary N) is 1. The minimum Gasteiger partial charge on any atom is -0.351 e. The molecule has 1 aliphatic rings. The molecule has 0 aliphatic carbocycles. The summed E-state index contributed by atoms with van der Waals surface area (Å²) in [5.41, 5.74) is 5.73. The van der Waals surface area contributed by atoms with Crippen LogP contribution in [-0.2, 0) is 14.6 Å². The predicted molar refractivity (Wildman–Crippen MR) is 67.3 cm³/mol. The molecule has 0 aromatic heterocycles. The molecule has 1 heterocycles. The fraction of sp³-hybridized carbons (Fsp3) is 0.909. The molecule has 100 valence electrons. The summed E-state index contributed by atoms with van der Waals surface area (Å²) < 4.78 is 22.8. The molecule has 0 radical (unpaired) electrons. The van der Waals surface area contributed by atoms with E-state index >= 15 is 0 Å². The van der Waals surface area contributed by atoms with Crippen molar-refractivity contribution in [3.63, 3.8) is 0 Å². The van der Waals surface area contributed by atoms with Gasteiger partial charge in [0.05, 0.1) is 17.5 Å². The number of amides is 1. The zero-order chi connectivity index (χ0) is 12.9. The molecule has 6 heteroatoms. The third kappa shape index (κ3) is 5.04. The lowest BCUT2D eigenvalue weighted by Crippen LogP contribution is -2.49. The molecule has 0 bridgehead atoms. The number of hydrogen-bond donors (Lipinski definition) is 2. The maximum Gasteiger partial charge on any atom is 0.237 e. The highest BCUT2D eigenvalue weighted by Gasteiger charge is 2.27. The Morgan fingerprint density at radius 3 is 2.82 bits per heavy atom. The average Bonchev–Trinajstić information content (AvgIpc) is 2.24. The van der Waals surface area contributed by atoms with Gasteiger partial charge in [0, 0.05) is 6.04 Å². The fourth-order valence-corrected chi connectivity index (χ4v) is 3.64. The van der Waals surface area contributed by atoms with Gasteiger partial charge in [-0.05, 0) is 19.3 Å². The maximum absolute atomic E-state index is 11.7. The largest absolute Gasteiger partial charge is 0.351 e. The second kappa shape index (κ2) is 6.35. The molecule has 17 heavy (non-hydrogen) atoms. The first-order valence-corrected chi connectivity index (χ1v) is 8.03. The zero-order valence-corrected chi connectivity index (χ0v) is 11.1. The van der Waals surface area contributed by atoms with E-state index in [0.717, 1.165) is 19.3 Å². The van der Waals surface area contributed by atoms with Crippen molar-refractivity contribution in [2.75, 3.05) is 11.5 Å². The van der Waals surface area contributed by atoms with Crippen LogP contribution in [0.15, 0.2) is 0 Å². The van der Waals surface area contributed by atoms with Gasteiger partial charge in [0.25, 0.3) is 0 Å². The van der Waals surface area contributed by atoms with Crippen LogP contribution in [0.2, 0.25) is 0 Å². The number of carbonyl (C=O) groups is 1. The Morgan fingerprint density at radius 1 is 1.53 bits per heavy atom. The van der Waals surface area contributed by atoms with E-state index in [2.05, 4.69) is 5.32 Å². The molecule has 0 saturated carbocycles. The summed E-state index contributed by atoms with van der Waals surface area (Å²) in [5.74, 6) is 0.0704. The van der Waals surface area contributed by atoms with Gasteiger partial charge in [-0.2, -0.15) is 0 Å². The average molecular weight is 262 g/mol. The highest BCUT2D eigenvalue weighted by molar-refractivity contribution is 7.91. The smallest absolute Gasteiger partial charge is 0.237 e. The van der Waals surface area contributed by atoms with Crippen LogP contribution in [0.25, 0.3) is 0 Å². The quantitative estimate of drug-likeness (QED) is 0.740. The van der Waals surface area contributed by atoms with Crippen molar-refractivity contribution in [2.24, 2.45) is 5.73 Å². The molecule has 1 amide bonds. The summed E-state index contributed by atoms with van der Waals surface area (Å²) in [7, 11) is -2.98. The van der Waals surface area contributed by atoms with Gasteiger partial charge in [0.15, 0.2) is 9.84 Å². The van der Waals surface area contributed by atoms with Crippen molar-refractivity contribution < 1.29 is 13.2 Å². The fourth-order valence-electron chi connectivity index (χ4n) is 2.00. The van der Waals surface area contributed by atoms with Crippen LogP contribution in [0.5, 0.6) is 0 Å². The summed E-state index contributed by atoms with van der Waals surface area (Å²) in [6.07, 6.45) is 3.92. The SMILES string of the molecule is CCCCC(N)C(=O)NC1CCCS(=O)(=O)C1. The second-order valence-corrected chi connectivity index (χ2v) is 6.94. The maximum atomic E-state index is 11.7.